The largest absolute Gasteiger partial charge is 0.481 e. The van der Waals surface area contributed by atoms with Crippen LogP contribution in [-0.4, -0.2) is 95.1 Å². The van der Waals surface area contributed by atoms with Gasteiger partial charge in [0.25, 0.3) is 0 Å². The van der Waals surface area contributed by atoms with E-state index in [1.165, 1.54) is 103 Å². The molecule has 0 saturated heterocycles. The summed E-state index contributed by atoms with van der Waals surface area (Å²) in [4.78, 5) is 55.1. The van der Waals surface area contributed by atoms with Crippen molar-refractivity contribution in [2.45, 2.75) is 266 Å². The molecule has 0 spiro atoms. The van der Waals surface area contributed by atoms with Crippen LogP contribution >= 0.6 is 0 Å². The average Bonchev–Trinajstić information content (AvgIpc) is 2.24. The van der Waals surface area contributed by atoms with Crippen LogP contribution in [0.2, 0.25) is 0 Å². The van der Waals surface area contributed by atoms with E-state index < -0.39 is 52.5 Å². The summed E-state index contributed by atoms with van der Waals surface area (Å²) in [7, 11) is 0. The van der Waals surface area contributed by atoms with E-state index in [1.54, 1.807) is 20.8 Å². The summed E-state index contributed by atoms with van der Waals surface area (Å²) in [6.07, 6.45) is 32.1. The Hall–Kier alpha value is -4.35. The fourth-order valence-corrected chi connectivity index (χ4v) is 11.3. The van der Waals surface area contributed by atoms with Gasteiger partial charge in [-0.2, -0.15) is 5.26 Å². The minimum atomic E-state index is -1.16. The molecule has 5 unspecified atom stereocenters. The quantitative estimate of drug-likeness (QED) is 0.0376. The molecular formula is C73H121NO12. The van der Waals surface area contributed by atoms with Crippen molar-refractivity contribution in [2.24, 2.45) is 28.6 Å². The van der Waals surface area contributed by atoms with E-state index in [-0.39, 0.29) is 51.4 Å². The third-order valence-electron chi connectivity index (χ3n) is 16.6. The van der Waals surface area contributed by atoms with Crippen LogP contribution < -0.4 is 0 Å². The number of nitrogens with zero attached hydrogens (tertiary/aromatic N) is 1. The first-order chi connectivity index (χ1) is 41.8. The predicted octanol–water partition coefficient (Wildman–Crippen LogP) is 18.1. The molecule has 0 aliphatic rings. The standard InChI is InChI=1S/C73H121NO12/c1-7-9-11-13-15-17-19-21-23-31-45-80-46-33-34-47-81-48-35-36-49-82-50-37-38-51-83-52-39-40-54-85-70(78)72(4,5)59-67(69(77)84-53-32-24-22-20-18-16-14-12-10-8-2)56-66(68(75)76)55-64(60-74)58-73(6,57-62(3)65-43-29-26-30-44-65)71(79)86-61-63-41-27-25-28-42-63/h25-30,41-44,62,64,66-67H,7-24,31-40,45-59,61H2,1-6H3,(H,75,76). The summed E-state index contributed by atoms with van der Waals surface area (Å²) < 4.78 is 40.8. The van der Waals surface area contributed by atoms with Crippen LogP contribution in [0.3, 0.4) is 0 Å². The normalized spacial score (nSPS) is 13.7. The molecule has 2 aromatic carbocycles. The highest BCUT2D eigenvalue weighted by molar-refractivity contribution is 5.79. The van der Waals surface area contributed by atoms with E-state index in [0.29, 0.717) is 45.5 Å². The molecule has 0 aromatic heterocycles. The Morgan fingerprint density at radius 1 is 0.453 bits per heavy atom. The van der Waals surface area contributed by atoms with Gasteiger partial charge in [0, 0.05) is 58.8 Å². The highest BCUT2D eigenvalue weighted by Gasteiger charge is 2.42. The molecule has 0 heterocycles. The van der Waals surface area contributed by atoms with Crippen molar-refractivity contribution in [1.82, 2.24) is 0 Å². The maximum atomic E-state index is 14.1. The summed E-state index contributed by atoms with van der Waals surface area (Å²) in [5.41, 5.74) is -0.438. The van der Waals surface area contributed by atoms with Gasteiger partial charge in [0.05, 0.1) is 41.9 Å². The molecular weight excluding hydrogens is 1080 g/mol. The number of ether oxygens (including phenoxy) is 7. The van der Waals surface area contributed by atoms with Gasteiger partial charge in [0.2, 0.25) is 0 Å². The smallest absolute Gasteiger partial charge is 0.312 e. The highest BCUT2D eigenvalue weighted by Crippen LogP contribution is 2.41. The first-order valence-electron chi connectivity index (χ1n) is 34.3. The summed E-state index contributed by atoms with van der Waals surface area (Å²) in [6, 6.07) is 21.5. The number of rotatable bonds is 59. The Kier molecular flexibility index (Phi) is 46.6. The average molecular weight is 1200 g/mol. The van der Waals surface area contributed by atoms with E-state index in [0.717, 1.165) is 102 Å². The molecule has 2 rings (SSSR count). The molecule has 86 heavy (non-hydrogen) atoms. The Balaban J connectivity index is 1.81. The fraction of sp³-hybridized carbons (Fsp3) is 0.767. The molecule has 0 radical (unpaired) electrons. The van der Waals surface area contributed by atoms with Crippen LogP contribution in [0, 0.1) is 39.9 Å². The van der Waals surface area contributed by atoms with Crippen LogP contribution in [0.5, 0.6) is 0 Å². The molecule has 13 heteroatoms. The topological polar surface area (TPSA) is 177 Å². The zero-order valence-electron chi connectivity index (χ0n) is 55.1. The van der Waals surface area contributed by atoms with Gasteiger partial charge >= 0.3 is 23.9 Å². The second-order valence-corrected chi connectivity index (χ2v) is 25.4. The number of hydrogen-bond donors (Lipinski definition) is 1. The number of carbonyl (C=O) groups excluding carboxylic acids is 3. The maximum absolute atomic E-state index is 14.1. The molecule has 2 aromatic rings. The molecule has 0 aliphatic carbocycles. The van der Waals surface area contributed by atoms with E-state index in [9.17, 15) is 29.5 Å². The van der Waals surface area contributed by atoms with Gasteiger partial charge in [0.1, 0.15) is 6.61 Å². The molecule has 0 amide bonds. The molecule has 0 fully saturated rings. The van der Waals surface area contributed by atoms with Crippen LogP contribution in [0.25, 0.3) is 0 Å². The number of aliphatic carboxylic acids is 1. The second kappa shape index (κ2) is 51.5. The van der Waals surface area contributed by atoms with E-state index >= 15 is 0 Å². The third kappa shape index (κ3) is 39.5. The van der Waals surface area contributed by atoms with Crippen LogP contribution in [-0.2, 0) is 58.9 Å². The summed E-state index contributed by atoms with van der Waals surface area (Å²) in [6.45, 7) is 18.1. The molecule has 0 bridgehead atoms. The third-order valence-corrected chi connectivity index (χ3v) is 16.6. The van der Waals surface area contributed by atoms with Crippen molar-refractivity contribution < 1.29 is 57.4 Å². The van der Waals surface area contributed by atoms with Crippen molar-refractivity contribution >= 4 is 23.9 Å². The van der Waals surface area contributed by atoms with E-state index in [4.69, 9.17) is 33.2 Å². The van der Waals surface area contributed by atoms with Gasteiger partial charge in [-0.3, -0.25) is 19.2 Å². The maximum Gasteiger partial charge on any atom is 0.312 e. The molecule has 1 N–H and O–H groups in total. The number of carbonyl (C=O) groups is 4. The van der Waals surface area contributed by atoms with Gasteiger partial charge in [-0.15, -0.1) is 0 Å². The number of nitriles is 1. The lowest BCUT2D eigenvalue weighted by atomic mass is 9.71. The fourth-order valence-electron chi connectivity index (χ4n) is 11.3. The minimum absolute atomic E-state index is 0.000826. The number of benzene rings is 2. The molecule has 490 valence electrons. The molecule has 5 atom stereocenters. The monoisotopic (exact) mass is 1200 g/mol. The molecule has 0 saturated carbocycles. The van der Waals surface area contributed by atoms with Gasteiger partial charge in [0.15, 0.2) is 0 Å². The van der Waals surface area contributed by atoms with Gasteiger partial charge < -0.3 is 38.3 Å². The first-order valence-corrected chi connectivity index (χ1v) is 34.3. The van der Waals surface area contributed by atoms with Gasteiger partial charge in [-0.1, -0.05) is 197 Å². The van der Waals surface area contributed by atoms with Crippen LogP contribution in [0.4, 0.5) is 0 Å². The van der Waals surface area contributed by atoms with E-state index in [1.807, 2.05) is 67.6 Å². The minimum Gasteiger partial charge on any atom is -0.481 e. The van der Waals surface area contributed by atoms with Crippen molar-refractivity contribution in [1.29, 1.82) is 5.26 Å². The molecule has 0 aliphatic heterocycles. The summed E-state index contributed by atoms with van der Waals surface area (Å²) in [5.74, 6) is -5.72. The van der Waals surface area contributed by atoms with Crippen LogP contribution in [0.15, 0.2) is 60.7 Å². The summed E-state index contributed by atoms with van der Waals surface area (Å²) >= 11 is 0. The zero-order chi connectivity index (χ0) is 62.6. The van der Waals surface area contributed by atoms with Crippen LogP contribution in [0.1, 0.15) is 270 Å². The Bertz CT molecular complexity index is 2010. The number of esters is 3. The van der Waals surface area contributed by atoms with Gasteiger partial charge in [-0.05, 0) is 134 Å². The SMILES string of the molecule is CCCCCCCCCCCCOCCCCOCCCCOCCCCOCCCCOC(=O)C(C)(C)CC(CC(CC(C#N)CC(C)(CC(C)c1ccccc1)C(=O)OCc1ccccc1)C(=O)O)C(=O)OCCCCCCCCCCCC. The van der Waals surface area contributed by atoms with Crippen molar-refractivity contribution in [3.63, 3.8) is 0 Å². The number of hydrogen-bond acceptors (Lipinski definition) is 12. The Morgan fingerprint density at radius 3 is 1.27 bits per heavy atom. The van der Waals surface area contributed by atoms with Gasteiger partial charge in [-0.25, -0.2) is 0 Å². The van der Waals surface area contributed by atoms with Crippen molar-refractivity contribution in [3.8, 4) is 6.07 Å². The number of carboxylic acid groups (broad SMARTS) is 1. The Labute approximate surface area is 522 Å². The number of carboxylic acids is 1. The van der Waals surface area contributed by atoms with Crippen molar-refractivity contribution in [2.75, 3.05) is 66.1 Å². The highest BCUT2D eigenvalue weighted by atomic mass is 16.5. The van der Waals surface area contributed by atoms with Crippen molar-refractivity contribution in [3.05, 3.63) is 71.8 Å². The Morgan fingerprint density at radius 2 is 0.837 bits per heavy atom. The lowest BCUT2D eigenvalue weighted by Crippen LogP contribution is -2.36. The lowest BCUT2D eigenvalue weighted by Gasteiger charge is -2.33. The first kappa shape index (κ1) is 77.7. The van der Waals surface area contributed by atoms with E-state index in [2.05, 4.69) is 19.9 Å². The predicted molar refractivity (Wildman–Crippen MR) is 346 cm³/mol. The zero-order valence-corrected chi connectivity index (χ0v) is 55.1. The summed E-state index contributed by atoms with van der Waals surface area (Å²) in [5, 5.41) is 21.4. The second-order valence-electron chi connectivity index (χ2n) is 25.4. The lowest BCUT2D eigenvalue weighted by molar-refractivity contribution is -0.159. The molecule has 13 nitrogen and oxygen atoms in total. The number of unbranched alkanes of at least 4 members (excludes halogenated alkanes) is 22.